The molecule has 96 heavy (non-hydrogen) atoms. The summed E-state index contributed by atoms with van der Waals surface area (Å²) >= 11 is 0. The number of aromatic hydroxyl groups is 2. The van der Waals surface area contributed by atoms with Crippen LogP contribution in [0.4, 0.5) is 11.5 Å². The van der Waals surface area contributed by atoms with E-state index in [-0.39, 0.29) is 135 Å². The molecule has 3 heterocycles. The van der Waals surface area contributed by atoms with Crippen molar-refractivity contribution in [3.05, 3.63) is 18.2 Å². The van der Waals surface area contributed by atoms with Crippen molar-refractivity contribution in [3.63, 3.8) is 0 Å². The number of aliphatic hydroxyl groups is 4. The number of pyridine rings is 1. The van der Waals surface area contributed by atoms with Gasteiger partial charge in [-0.2, -0.15) is 0 Å². The van der Waals surface area contributed by atoms with Crippen molar-refractivity contribution >= 4 is 112 Å². The number of nitrogens with zero attached hydrogens (tertiary/aromatic N) is 3. The second kappa shape index (κ2) is 38.3. The zero-order valence-corrected chi connectivity index (χ0v) is 52.4. The molecule has 0 spiro atoms. The van der Waals surface area contributed by atoms with Gasteiger partial charge in [-0.3, -0.25) is 94.5 Å². The number of anilines is 2. The van der Waals surface area contributed by atoms with E-state index < -0.39 is 188 Å². The predicted octanol–water partition coefficient (Wildman–Crippen LogP) is -11.8. The third-order valence-corrected chi connectivity index (χ3v) is 15.1. The van der Waals surface area contributed by atoms with Gasteiger partial charge >= 0.3 is 5.96 Å². The van der Waals surface area contributed by atoms with Crippen LogP contribution < -0.4 is 84.6 Å². The maximum absolute atomic E-state index is 14.4. The molecule has 1 fully saturated rings. The number of rotatable bonds is 33. The summed E-state index contributed by atoms with van der Waals surface area (Å²) in [6.07, 6.45) is -6.19. The van der Waals surface area contributed by atoms with Gasteiger partial charge in [0.15, 0.2) is 23.3 Å². The Hall–Kier alpha value is -10.2. The smallest absolute Gasteiger partial charge is 0.338 e. The molecule has 0 aliphatic carbocycles. The van der Waals surface area contributed by atoms with Gasteiger partial charge in [-0.15, -0.1) is 0 Å². The highest BCUT2D eigenvalue weighted by atomic mass is 16.5. The third kappa shape index (κ3) is 23.7. The zero-order chi connectivity index (χ0) is 71.5. The van der Waals surface area contributed by atoms with E-state index >= 15 is 0 Å². The SMILES string of the molecule is CC(O)[C@@H]1NC(=O)[C@H](CCCN(O)C=O)NC(=O)[C@@H](NC(=O)[C@H](CCCN(O)C=O)NC(=O)[C@H](CO)NC(=O)[C@H](CCC[NH+]=C(N)N)NC(=O)[C@H](CO)NC(=O)[C@@H]2CCNc3c(NC(=O)CCC(=O)C(=O)[O-])cc4cc(O)c(O)cc4[n+]32)CCCCNC(=O)[C@H](C(C)O)NC1=O. The number of carbonyl (C=O) groups is 14. The normalized spacial score (nSPS) is 19.5. The van der Waals surface area contributed by atoms with E-state index in [0.29, 0.717) is 0 Å². The Morgan fingerprint density at radius 2 is 1.25 bits per heavy atom. The number of fused-ring (bicyclic) bond motifs is 3. The van der Waals surface area contributed by atoms with Crippen LogP contribution >= 0.6 is 0 Å². The Kier molecular flexibility index (Phi) is 31.2. The lowest BCUT2D eigenvalue weighted by Gasteiger charge is -2.29. The first-order chi connectivity index (χ1) is 45.4. The number of aromatic nitrogens is 1. The van der Waals surface area contributed by atoms with E-state index in [0.717, 1.165) is 19.1 Å². The first-order valence-electron chi connectivity index (χ1n) is 30.4. The molecule has 1 aromatic carbocycles. The van der Waals surface area contributed by atoms with Crippen LogP contribution in [0, 0.1) is 0 Å². The Bertz CT molecular complexity index is 3190. The number of hydrogen-bond acceptors (Lipinski definition) is 24. The number of carboxylic acid groups (broad SMARTS) is 1. The van der Waals surface area contributed by atoms with Gasteiger partial charge in [0, 0.05) is 50.3 Å². The van der Waals surface area contributed by atoms with Crippen molar-refractivity contribution in [2.75, 3.05) is 56.6 Å². The minimum atomic E-state index is -2.01. The van der Waals surface area contributed by atoms with Crippen molar-refractivity contribution in [1.29, 1.82) is 0 Å². The monoisotopic (exact) mass is 1360 g/mol. The molecule has 24 N–H and O–H groups in total. The minimum absolute atomic E-state index is 0.00823. The van der Waals surface area contributed by atoms with Crippen molar-refractivity contribution in [1.82, 2.24) is 58.0 Å². The van der Waals surface area contributed by atoms with Crippen LogP contribution in [-0.2, 0) is 67.1 Å². The molecular formula is C56H84N17O23+. The number of nitrogens with two attached hydrogens (primary N) is 2. The van der Waals surface area contributed by atoms with Crippen LogP contribution in [0.3, 0.4) is 0 Å². The average Bonchev–Trinajstić information content (AvgIpc) is 0.750. The number of nitrogens with one attached hydrogen (secondary N) is 12. The van der Waals surface area contributed by atoms with E-state index in [1.807, 2.05) is 0 Å². The van der Waals surface area contributed by atoms with Gasteiger partial charge in [-0.25, -0.2) is 14.7 Å². The summed E-state index contributed by atoms with van der Waals surface area (Å²) in [6, 6.07) is -11.8. The van der Waals surface area contributed by atoms with Crippen LogP contribution in [0.2, 0.25) is 0 Å². The molecule has 11 atom stereocenters. The van der Waals surface area contributed by atoms with Crippen LogP contribution in [0.25, 0.3) is 10.9 Å². The van der Waals surface area contributed by atoms with Crippen molar-refractivity contribution in [2.24, 2.45) is 11.5 Å². The number of ketones is 1. The molecular weight excluding hydrogens is 1280 g/mol. The average molecular weight is 1360 g/mol. The Labute approximate surface area is 546 Å². The van der Waals surface area contributed by atoms with Gasteiger partial charge in [-0.05, 0) is 83.8 Å². The summed E-state index contributed by atoms with van der Waals surface area (Å²) in [6.45, 7) is -0.960. The molecule has 40 nitrogen and oxygen atoms in total. The van der Waals surface area contributed by atoms with E-state index in [1.54, 1.807) is 0 Å². The molecule has 40 heteroatoms. The maximum atomic E-state index is 14.4. The quantitative estimate of drug-likeness (QED) is 0.00363. The number of aliphatic hydroxyl groups excluding tert-OH is 4. The first-order valence-corrected chi connectivity index (χ1v) is 30.4. The Balaban J connectivity index is 1.63. The van der Waals surface area contributed by atoms with Crippen molar-refractivity contribution < 1.29 is 123 Å². The second-order valence-corrected chi connectivity index (χ2v) is 22.5. The van der Waals surface area contributed by atoms with Crippen LogP contribution in [0.15, 0.2) is 18.2 Å². The number of carboxylic acids is 1. The van der Waals surface area contributed by atoms with Gasteiger partial charge in [0.05, 0.1) is 38.5 Å². The standard InChI is InChI=1S/C56H83N17O23/c1-27(78)43-53(91)60-15-4-3-8-30(46(84)64-33(11-7-19-72(96)26-77)49(87)69-44(28(2)79)54(92)70-43)63-47(85)32(10-6-18-71(95)25-76)66-50(88)35(23-74)67-48(86)31(9-5-16-61-56(57)58)65-51(89)36(24-75)68-52(90)37-14-17-59-45-34(62-42(83)13-12-39(80)55(93)94)20-29-21-40(81)41(82)22-38(29)73(37)45/h20-22,25-28,30-33,35-37,43-44,74-75,78-79,95-96H,3-19,23-24H2,1-2H3,(H17,57,58,59,60,61,62,63,64,65,66,67,68,69,70,81,82,83,84,85,86,87,88,89,90,91,92,93,94)/p+1/t27?,28?,30-,31-,32-,33-,35-,36-,37-,43-,44-/m0/s1. The summed E-state index contributed by atoms with van der Waals surface area (Å²) in [4.78, 5) is 187. The maximum Gasteiger partial charge on any atom is 0.338 e. The van der Waals surface area contributed by atoms with Crippen molar-refractivity contribution in [2.45, 2.75) is 157 Å². The fraction of sp³-hybridized carbons (Fsp3) is 0.571. The van der Waals surface area contributed by atoms with Gasteiger partial charge in [0.2, 0.25) is 66.0 Å². The highest BCUT2D eigenvalue weighted by molar-refractivity contribution is 6.32. The molecule has 2 aliphatic heterocycles. The number of carbonyl (C=O) groups excluding carboxylic acids is 14. The fourth-order valence-corrected chi connectivity index (χ4v) is 9.98. The minimum Gasteiger partial charge on any atom is -0.542 e. The Morgan fingerprint density at radius 3 is 1.85 bits per heavy atom. The molecule has 2 unspecified atom stereocenters. The van der Waals surface area contributed by atoms with Gasteiger partial charge in [0.1, 0.15) is 65.5 Å². The molecule has 530 valence electrons. The largest absolute Gasteiger partial charge is 0.542 e. The van der Waals surface area contributed by atoms with Crippen LogP contribution in [-0.4, -0.2) is 247 Å². The van der Waals surface area contributed by atoms with Crippen LogP contribution in [0.5, 0.6) is 11.5 Å². The van der Waals surface area contributed by atoms with E-state index in [2.05, 4.69) is 63.5 Å². The molecule has 2 aliphatic rings. The zero-order valence-electron chi connectivity index (χ0n) is 52.4. The van der Waals surface area contributed by atoms with Crippen LogP contribution in [0.1, 0.15) is 96.9 Å². The number of amides is 12. The number of benzene rings is 1. The molecule has 1 aromatic heterocycles. The van der Waals surface area contributed by atoms with Crippen molar-refractivity contribution in [3.8, 4) is 11.5 Å². The predicted molar refractivity (Wildman–Crippen MR) is 323 cm³/mol. The molecule has 2 aromatic rings. The van der Waals surface area contributed by atoms with E-state index in [9.17, 15) is 113 Å². The molecule has 1 saturated heterocycles. The van der Waals surface area contributed by atoms with Gasteiger partial charge in [0.25, 0.3) is 11.7 Å². The van der Waals surface area contributed by atoms with E-state index in [4.69, 9.17) is 11.5 Å². The molecule has 0 radical (unpaired) electrons. The first kappa shape index (κ1) is 78.3. The molecule has 4 rings (SSSR count). The summed E-state index contributed by atoms with van der Waals surface area (Å²) in [5.41, 5.74) is 11.1. The molecule has 12 amide bonds. The number of phenolic OH excluding ortho intramolecular Hbond substituents is 2. The van der Waals surface area contributed by atoms with Gasteiger partial charge in [-0.1, -0.05) is 0 Å². The number of aliphatic carboxylic acids is 1. The number of hydroxylamine groups is 4. The molecule has 0 saturated carbocycles. The lowest BCUT2D eigenvalue weighted by Crippen LogP contribution is -2.78. The number of phenols is 2. The summed E-state index contributed by atoms with van der Waals surface area (Å²) in [5.74, 6) is -15.6. The number of Topliss-reactive ketones (excluding diaryl/α,β-unsaturated/α-hetero) is 1. The summed E-state index contributed by atoms with van der Waals surface area (Å²) < 4.78 is 1.29. The number of hydrogen-bond donors (Lipinski definition) is 22. The number of guanidine groups is 1. The second-order valence-electron chi connectivity index (χ2n) is 22.5. The topological polar surface area (TPSA) is 633 Å². The fourth-order valence-electron chi connectivity index (χ4n) is 9.98. The van der Waals surface area contributed by atoms with E-state index in [1.165, 1.54) is 17.6 Å². The van der Waals surface area contributed by atoms with Gasteiger partial charge < -0.3 is 93.7 Å². The summed E-state index contributed by atoms with van der Waals surface area (Å²) in [7, 11) is 0. The highest BCUT2D eigenvalue weighted by Crippen LogP contribution is 2.35. The highest BCUT2D eigenvalue weighted by Gasteiger charge is 2.40. The lowest BCUT2D eigenvalue weighted by molar-refractivity contribution is -0.674. The summed E-state index contributed by atoms with van der Waals surface area (Å²) in [5, 5.41) is 121. The Morgan fingerprint density at radius 1 is 0.688 bits per heavy atom. The third-order valence-electron chi connectivity index (χ3n) is 15.1. The lowest BCUT2D eigenvalue weighted by atomic mass is 10.0. The molecule has 0 bridgehead atoms.